The van der Waals surface area contributed by atoms with Crippen LogP contribution in [0.1, 0.15) is 15.9 Å². The van der Waals surface area contributed by atoms with Crippen LogP contribution in [0.5, 0.6) is 11.5 Å². The third-order valence-corrected chi connectivity index (χ3v) is 4.63. The molecule has 0 saturated heterocycles. The first kappa shape index (κ1) is 23.2. The van der Waals surface area contributed by atoms with Crippen LogP contribution in [-0.2, 0) is 20.7 Å². The zero-order chi connectivity index (χ0) is 23.6. The van der Waals surface area contributed by atoms with Crippen molar-refractivity contribution in [3.8, 4) is 22.6 Å². The smallest absolute Gasteiger partial charge is 0.343 e. The Bertz CT molecular complexity index is 1140. The van der Waals surface area contributed by atoms with Gasteiger partial charge >= 0.3 is 17.9 Å². The van der Waals surface area contributed by atoms with Crippen LogP contribution in [0, 0.1) is 0 Å². The van der Waals surface area contributed by atoms with Crippen molar-refractivity contribution in [1.29, 1.82) is 0 Å². The van der Waals surface area contributed by atoms with Crippen molar-refractivity contribution in [3.05, 3.63) is 109 Å². The number of benzene rings is 3. The Hall–Kier alpha value is -4.45. The number of hydrogen-bond acceptors (Lipinski definition) is 6. The minimum Gasteiger partial charge on any atom is -0.462 e. The summed E-state index contributed by atoms with van der Waals surface area (Å²) in [5, 5.41) is 0. The average Bonchev–Trinajstić information content (AvgIpc) is 2.85. The highest BCUT2D eigenvalue weighted by atomic mass is 16.5. The molecule has 166 valence electrons. The van der Waals surface area contributed by atoms with Gasteiger partial charge in [0.2, 0.25) is 0 Å². The van der Waals surface area contributed by atoms with Gasteiger partial charge in [-0.05, 0) is 53.1 Å². The fourth-order valence-corrected chi connectivity index (χ4v) is 2.89. The van der Waals surface area contributed by atoms with Crippen LogP contribution < -0.4 is 9.47 Å². The zero-order valence-corrected chi connectivity index (χ0v) is 17.9. The molecule has 0 saturated carbocycles. The summed E-state index contributed by atoms with van der Waals surface area (Å²) in [7, 11) is 0. The van der Waals surface area contributed by atoms with Gasteiger partial charge in [0.1, 0.15) is 11.5 Å². The zero-order valence-electron chi connectivity index (χ0n) is 17.9. The molecule has 3 rings (SSSR count). The van der Waals surface area contributed by atoms with E-state index in [1.54, 1.807) is 36.4 Å². The van der Waals surface area contributed by atoms with Crippen LogP contribution in [0.3, 0.4) is 0 Å². The molecule has 0 bridgehead atoms. The fraction of sp³-hybridized carbons (Fsp3) is 0.0741. The minimum atomic E-state index is -0.519. The van der Waals surface area contributed by atoms with Gasteiger partial charge in [-0.15, -0.1) is 0 Å². The van der Waals surface area contributed by atoms with E-state index in [1.165, 1.54) is 0 Å². The molecule has 0 amide bonds. The maximum absolute atomic E-state index is 12.5. The van der Waals surface area contributed by atoms with Crippen molar-refractivity contribution in [2.24, 2.45) is 0 Å². The van der Waals surface area contributed by atoms with Gasteiger partial charge in [0, 0.05) is 18.6 Å². The summed E-state index contributed by atoms with van der Waals surface area (Å²) >= 11 is 0. The SMILES string of the molecule is C=CC(=O)OCCc1ccc(OC(=O)c2ccc(-c3ccc(OC(=O)C=C)cc3)cc2)cc1. The van der Waals surface area contributed by atoms with Gasteiger partial charge in [-0.3, -0.25) is 0 Å². The lowest BCUT2D eigenvalue weighted by Crippen LogP contribution is -2.08. The predicted octanol–water partition coefficient (Wildman–Crippen LogP) is 4.94. The van der Waals surface area contributed by atoms with Crippen molar-refractivity contribution in [2.75, 3.05) is 6.61 Å². The van der Waals surface area contributed by atoms with E-state index in [4.69, 9.17) is 14.2 Å². The highest BCUT2D eigenvalue weighted by Gasteiger charge is 2.10. The van der Waals surface area contributed by atoms with Crippen molar-refractivity contribution in [3.63, 3.8) is 0 Å². The molecule has 0 atom stereocenters. The third kappa shape index (κ3) is 6.77. The molecule has 3 aromatic carbocycles. The Morgan fingerprint density at radius 1 is 0.667 bits per heavy atom. The highest BCUT2D eigenvalue weighted by molar-refractivity contribution is 5.91. The Kier molecular flexibility index (Phi) is 7.91. The molecule has 0 N–H and O–H groups in total. The molecule has 0 spiro atoms. The second kappa shape index (κ2) is 11.2. The van der Waals surface area contributed by atoms with E-state index in [-0.39, 0.29) is 6.61 Å². The maximum atomic E-state index is 12.5. The van der Waals surface area contributed by atoms with Crippen molar-refractivity contribution < 1.29 is 28.6 Å². The van der Waals surface area contributed by atoms with Crippen LogP contribution in [0.25, 0.3) is 11.1 Å². The first-order valence-electron chi connectivity index (χ1n) is 10.1. The summed E-state index contributed by atoms with van der Waals surface area (Å²) < 4.78 is 15.4. The quantitative estimate of drug-likeness (QED) is 0.265. The highest BCUT2D eigenvalue weighted by Crippen LogP contribution is 2.23. The number of hydrogen-bond donors (Lipinski definition) is 0. The third-order valence-electron chi connectivity index (χ3n) is 4.63. The molecule has 0 unspecified atom stereocenters. The van der Waals surface area contributed by atoms with Crippen LogP contribution >= 0.6 is 0 Å². The Morgan fingerprint density at radius 2 is 1.18 bits per heavy atom. The predicted molar refractivity (Wildman–Crippen MR) is 124 cm³/mol. The number of carbonyl (C=O) groups is 3. The lowest BCUT2D eigenvalue weighted by molar-refractivity contribution is -0.137. The second-order valence-corrected chi connectivity index (χ2v) is 6.88. The number of esters is 3. The Morgan fingerprint density at radius 3 is 1.76 bits per heavy atom. The standard InChI is InChI=1S/C27H22O6/c1-3-25(28)31-18-17-19-5-13-24(14-6-19)33-27(30)22-9-7-20(8-10-22)21-11-15-23(16-12-21)32-26(29)4-2/h3-16H,1-2,17-18H2. The normalized spacial score (nSPS) is 10.1. The second-order valence-electron chi connectivity index (χ2n) is 6.88. The summed E-state index contributed by atoms with van der Waals surface area (Å²) in [6.45, 7) is 6.96. The minimum absolute atomic E-state index is 0.249. The van der Waals surface area contributed by atoms with E-state index in [9.17, 15) is 14.4 Å². The molecule has 0 aliphatic heterocycles. The number of ether oxygens (including phenoxy) is 3. The monoisotopic (exact) mass is 442 g/mol. The summed E-state index contributed by atoms with van der Waals surface area (Å²) in [4.78, 5) is 34.8. The molecule has 0 aromatic heterocycles. The molecular formula is C27H22O6. The van der Waals surface area contributed by atoms with Crippen LogP contribution in [-0.4, -0.2) is 24.5 Å². The van der Waals surface area contributed by atoms with E-state index in [1.807, 2.05) is 36.4 Å². The summed E-state index contributed by atoms with van der Waals surface area (Å²) in [5.41, 5.74) is 3.16. The van der Waals surface area contributed by atoms with Gasteiger partial charge in [0.15, 0.2) is 0 Å². The molecule has 0 radical (unpaired) electrons. The lowest BCUT2D eigenvalue weighted by Gasteiger charge is -2.08. The van der Waals surface area contributed by atoms with E-state index >= 15 is 0 Å². The van der Waals surface area contributed by atoms with E-state index in [2.05, 4.69) is 13.2 Å². The largest absolute Gasteiger partial charge is 0.462 e. The summed E-state index contributed by atoms with van der Waals surface area (Å²) in [6.07, 6.45) is 2.77. The maximum Gasteiger partial charge on any atom is 0.343 e. The van der Waals surface area contributed by atoms with E-state index in [0.29, 0.717) is 23.5 Å². The van der Waals surface area contributed by atoms with Crippen LogP contribution in [0.4, 0.5) is 0 Å². The van der Waals surface area contributed by atoms with Crippen molar-refractivity contribution in [2.45, 2.75) is 6.42 Å². The average molecular weight is 442 g/mol. The first-order valence-corrected chi connectivity index (χ1v) is 10.1. The Labute approximate surface area is 191 Å². The van der Waals surface area contributed by atoms with Gasteiger partial charge in [-0.25, -0.2) is 14.4 Å². The molecular weight excluding hydrogens is 420 g/mol. The molecule has 0 fully saturated rings. The topological polar surface area (TPSA) is 78.9 Å². The van der Waals surface area contributed by atoms with Gasteiger partial charge in [-0.2, -0.15) is 0 Å². The van der Waals surface area contributed by atoms with E-state index in [0.717, 1.165) is 28.8 Å². The van der Waals surface area contributed by atoms with Crippen molar-refractivity contribution in [1.82, 2.24) is 0 Å². The van der Waals surface area contributed by atoms with E-state index < -0.39 is 17.9 Å². The van der Waals surface area contributed by atoms with Gasteiger partial charge < -0.3 is 14.2 Å². The fourth-order valence-electron chi connectivity index (χ4n) is 2.89. The molecule has 0 heterocycles. The molecule has 3 aromatic rings. The Balaban J connectivity index is 1.56. The lowest BCUT2D eigenvalue weighted by atomic mass is 10.0. The summed E-state index contributed by atoms with van der Waals surface area (Å²) in [5.74, 6) is -0.610. The number of rotatable bonds is 9. The molecule has 0 aliphatic rings. The van der Waals surface area contributed by atoms with Crippen LogP contribution in [0.15, 0.2) is 98.1 Å². The van der Waals surface area contributed by atoms with Crippen molar-refractivity contribution >= 4 is 17.9 Å². The molecule has 33 heavy (non-hydrogen) atoms. The van der Waals surface area contributed by atoms with Gasteiger partial charge in [0.25, 0.3) is 0 Å². The molecule has 6 heteroatoms. The van der Waals surface area contributed by atoms with Gasteiger partial charge in [0.05, 0.1) is 12.2 Å². The van der Waals surface area contributed by atoms with Gasteiger partial charge in [-0.1, -0.05) is 49.6 Å². The molecule has 6 nitrogen and oxygen atoms in total. The number of carbonyl (C=O) groups excluding carboxylic acids is 3. The van der Waals surface area contributed by atoms with Crippen LogP contribution in [0.2, 0.25) is 0 Å². The first-order chi connectivity index (χ1) is 16.0. The molecule has 0 aliphatic carbocycles. The summed E-state index contributed by atoms with van der Waals surface area (Å²) in [6, 6.07) is 21.0.